The summed E-state index contributed by atoms with van der Waals surface area (Å²) in [6, 6.07) is 13.8. The second-order valence-corrected chi connectivity index (χ2v) is 6.67. The van der Waals surface area contributed by atoms with Crippen molar-refractivity contribution in [1.82, 2.24) is 0 Å². The molecule has 29 heavy (non-hydrogen) atoms. The number of hydrogen-bond donors (Lipinski definition) is 1. The van der Waals surface area contributed by atoms with E-state index in [0.717, 1.165) is 12.8 Å². The van der Waals surface area contributed by atoms with Crippen LogP contribution >= 0.6 is 0 Å². The second-order valence-electron chi connectivity index (χ2n) is 6.67. The third-order valence-corrected chi connectivity index (χ3v) is 4.37. The van der Waals surface area contributed by atoms with Gasteiger partial charge in [0, 0.05) is 0 Å². The Bertz CT molecular complexity index is 788. The highest BCUT2D eigenvalue weighted by atomic mass is 16.5. The van der Waals surface area contributed by atoms with Crippen LogP contribution in [0.25, 0.3) is 0 Å². The SMILES string of the molecule is CCCCCCOc1ccc(C(=O)O[C@H](C)C(=O)Nc2ccccc2OC)cc1. The topological polar surface area (TPSA) is 73.9 Å². The molecule has 0 bridgehead atoms. The number of unbranched alkanes of at least 4 members (excludes halogenated alkanes) is 3. The number of hydrogen-bond acceptors (Lipinski definition) is 5. The Labute approximate surface area is 172 Å². The van der Waals surface area contributed by atoms with E-state index in [1.807, 2.05) is 0 Å². The first-order valence-corrected chi connectivity index (χ1v) is 9.93. The van der Waals surface area contributed by atoms with Crippen LogP contribution < -0.4 is 14.8 Å². The average molecular weight is 399 g/mol. The molecule has 0 fully saturated rings. The van der Waals surface area contributed by atoms with E-state index in [4.69, 9.17) is 14.2 Å². The molecule has 0 radical (unpaired) electrons. The first-order valence-electron chi connectivity index (χ1n) is 9.93. The molecular formula is C23H29NO5. The van der Waals surface area contributed by atoms with Gasteiger partial charge in [0.15, 0.2) is 6.10 Å². The minimum Gasteiger partial charge on any atom is -0.495 e. The van der Waals surface area contributed by atoms with E-state index < -0.39 is 18.0 Å². The van der Waals surface area contributed by atoms with Crippen molar-refractivity contribution < 1.29 is 23.8 Å². The van der Waals surface area contributed by atoms with Crippen LogP contribution in [0.4, 0.5) is 5.69 Å². The summed E-state index contributed by atoms with van der Waals surface area (Å²) in [4.78, 5) is 24.6. The maximum Gasteiger partial charge on any atom is 0.338 e. The zero-order chi connectivity index (χ0) is 21.1. The predicted octanol–water partition coefficient (Wildman–Crippen LogP) is 4.84. The van der Waals surface area contributed by atoms with Crippen molar-refractivity contribution >= 4 is 17.6 Å². The van der Waals surface area contributed by atoms with Gasteiger partial charge in [-0.3, -0.25) is 4.79 Å². The third kappa shape index (κ3) is 7.14. The Balaban J connectivity index is 1.84. The van der Waals surface area contributed by atoms with Crippen LogP contribution in [0.1, 0.15) is 49.9 Å². The van der Waals surface area contributed by atoms with Crippen molar-refractivity contribution in [2.75, 3.05) is 19.0 Å². The fraction of sp³-hybridized carbons (Fsp3) is 0.391. The van der Waals surface area contributed by atoms with Crippen LogP contribution in [0.3, 0.4) is 0 Å². The molecule has 2 rings (SSSR count). The summed E-state index contributed by atoms with van der Waals surface area (Å²) in [6.45, 7) is 4.35. The molecule has 1 atom stereocenters. The molecule has 0 saturated carbocycles. The summed E-state index contributed by atoms with van der Waals surface area (Å²) in [5, 5.41) is 2.70. The monoisotopic (exact) mass is 399 g/mol. The molecule has 156 valence electrons. The van der Waals surface area contributed by atoms with E-state index in [9.17, 15) is 9.59 Å². The number of ether oxygens (including phenoxy) is 3. The number of benzene rings is 2. The smallest absolute Gasteiger partial charge is 0.338 e. The zero-order valence-corrected chi connectivity index (χ0v) is 17.3. The highest BCUT2D eigenvalue weighted by molar-refractivity contribution is 5.98. The molecule has 0 unspecified atom stereocenters. The fourth-order valence-corrected chi connectivity index (χ4v) is 2.67. The number of para-hydroxylation sites is 2. The Hall–Kier alpha value is -3.02. The highest BCUT2D eigenvalue weighted by Crippen LogP contribution is 2.23. The summed E-state index contributed by atoms with van der Waals surface area (Å²) in [6.07, 6.45) is 3.59. The van der Waals surface area contributed by atoms with Crippen molar-refractivity contribution in [3.63, 3.8) is 0 Å². The van der Waals surface area contributed by atoms with Gasteiger partial charge in [0.1, 0.15) is 11.5 Å². The first-order chi connectivity index (χ1) is 14.0. The van der Waals surface area contributed by atoms with Gasteiger partial charge < -0.3 is 19.5 Å². The van der Waals surface area contributed by atoms with E-state index in [1.165, 1.54) is 26.9 Å². The lowest BCUT2D eigenvalue weighted by molar-refractivity contribution is -0.123. The lowest BCUT2D eigenvalue weighted by Gasteiger charge is -2.15. The van der Waals surface area contributed by atoms with E-state index >= 15 is 0 Å². The quantitative estimate of drug-likeness (QED) is 0.432. The summed E-state index contributed by atoms with van der Waals surface area (Å²) in [7, 11) is 1.52. The summed E-state index contributed by atoms with van der Waals surface area (Å²) < 4.78 is 16.1. The van der Waals surface area contributed by atoms with Gasteiger partial charge in [-0.15, -0.1) is 0 Å². The predicted molar refractivity (Wildman–Crippen MR) is 113 cm³/mol. The van der Waals surface area contributed by atoms with E-state index in [2.05, 4.69) is 12.2 Å². The number of amides is 1. The molecule has 0 spiro atoms. The standard InChI is InChI=1S/C23H29NO5/c1-4-5-6-9-16-28-19-14-12-18(13-15-19)23(26)29-17(2)22(25)24-20-10-7-8-11-21(20)27-3/h7-8,10-15,17H,4-6,9,16H2,1-3H3,(H,24,25)/t17-/m1/s1. The Morgan fingerprint density at radius 3 is 2.41 bits per heavy atom. The van der Waals surface area contributed by atoms with E-state index in [0.29, 0.717) is 29.4 Å². The van der Waals surface area contributed by atoms with Crippen molar-refractivity contribution in [2.24, 2.45) is 0 Å². The van der Waals surface area contributed by atoms with Gasteiger partial charge in [0.25, 0.3) is 5.91 Å². The summed E-state index contributed by atoms with van der Waals surface area (Å²) in [5.41, 5.74) is 0.878. The van der Waals surface area contributed by atoms with Gasteiger partial charge >= 0.3 is 5.97 Å². The Kier molecular flexibility index (Phi) is 9.02. The summed E-state index contributed by atoms with van der Waals surface area (Å²) in [5.74, 6) is 0.238. The minimum atomic E-state index is -0.957. The minimum absolute atomic E-state index is 0.361. The van der Waals surface area contributed by atoms with Gasteiger partial charge in [-0.2, -0.15) is 0 Å². The van der Waals surface area contributed by atoms with Crippen LogP contribution in [0.15, 0.2) is 48.5 Å². The van der Waals surface area contributed by atoms with Crippen LogP contribution in [-0.4, -0.2) is 31.7 Å². The largest absolute Gasteiger partial charge is 0.495 e. The van der Waals surface area contributed by atoms with E-state index in [1.54, 1.807) is 48.5 Å². The lowest BCUT2D eigenvalue weighted by atomic mass is 10.2. The van der Waals surface area contributed by atoms with Gasteiger partial charge in [0.05, 0.1) is 25.0 Å². The molecule has 0 aliphatic heterocycles. The number of methoxy groups -OCH3 is 1. The number of anilines is 1. The van der Waals surface area contributed by atoms with E-state index in [-0.39, 0.29) is 0 Å². The maximum atomic E-state index is 12.3. The second kappa shape index (κ2) is 11.7. The number of esters is 1. The third-order valence-electron chi connectivity index (χ3n) is 4.37. The van der Waals surface area contributed by atoms with Crippen LogP contribution in [0.5, 0.6) is 11.5 Å². The molecule has 6 heteroatoms. The van der Waals surface area contributed by atoms with Crippen LogP contribution in [0.2, 0.25) is 0 Å². The molecule has 2 aromatic carbocycles. The molecular weight excluding hydrogens is 370 g/mol. The molecule has 0 aromatic heterocycles. The molecule has 0 heterocycles. The number of rotatable bonds is 11. The number of nitrogens with one attached hydrogen (secondary N) is 1. The normalized spacial score (nSPS) is 11.4. The number of carbonyl (C=O) groups is 2. The fourth-order valence-electron chi connectivity index (χ4n) is 2.67. The molecule has 2 aromatic rings. The maximum absolute atomic E-state index is 12.3. The van der Waals surface area contributed by atoms with Crippen molar-refractivity contribution in [3.8, 4) is 11.5 Å². The Morgan fingerprint density at radius 1 is 1.00 bits per heavy atom. The highest BCUT2D eigenvalue weighted by Gasteiger charge is 2.20. The van der Waals surface area contributed by atoms with Crippen LogP contribution in [0, 0.1) is 0 Å². The molecule has 0 aliphatic carbocycles. The zero-order valence-electron chi connectivity index (χ0n) is 17.3. The molecule has 1 N–H and O–H groups in total. The van der Waals surface area contributed by atoms with Crippen molar-refractivity contribution in [1.29, 1.82) is 0 Å². The van der Waals surface area contributed by atoms with Gasteiger partial charge in [-0.25, -0.2) is 4.79 Å². The lowest BCUT2D eigenvalue weighted by Crippen LogP contribution is -2.30. The van der Waals surface area contributed by atoms with Gasteiger partial charge in [-0.1, -0.05) is 38.3 Å². The van der Waals surface area contributed by atoms with Gasteiger partial charge in [-0.05, 0) is 49.7 Å². The molecule has 0 aliphatic rings. The van der Waals surface area contributed by atoms with Crippen LogP contribution in [-0.2, 0) is 9.53 Å². The average Bonchev–Trinajstić information content (AvgIpc) is 2.74. The van der Waals surface area contributed by atoms with Gasteiger partial charge in [0.2, 0.25) is 0 Å². The Morgan fingerprint density at radius 2 is 1.72 bits per heavy atom. The van der Waals surface area contributed by atoms with Crippen molar-refractivity contribution in [3.05, 3.63) is 54.1 Å². The molecule has 0 saturated heterocycles. The number of carbonyl (C=O) groups excluding carboxylic acids is 2. The molecule has 6 nitrogen and oxygen atoms in total. The molecule has 1 amide bonds. The first kappa shape index (κ1) is 22.3. The van der Waals surface area contributed by atoms with Crippen molar-refractivity contribution in [2.45, 2.75) is 45.6 Å². The summed E-state index contributed by atoms with van der Waals surface area (Å²) >= 11 is 0.